The van der Waals surface area contributed by atoms with Gasteiger partial charge in [-0.15, -0.1) is 0 Å². The SMILES string of the molecule is CC1CCC2(CC1)C(=O)NC(=O)N2Cc1cccc(Br)c1. The molecular formula is C16H19BrN2O2. The molecule has 1 heterocycles. The first kappa shape index (κ1) is 14.6. The number of carbonyl (C=O) groups excluding carboxylic acids is 2. The van der Waals surface area contributed by atoms with Crippen molar-refractivity contribution in [2.75, 3.05) is 0 Å². The normalized spacial score (nSPS) is 29.0. The fourth-order valence-corrected chi connectivity index (χ4v) is 3.82. The largest absolute Gasteiger partial charge is 0.325 e. The fraction of sp³-hybridized carbons (Fsp3) is 0.500. The molecule has 0 bridgehead atoms. The number of imide groups is 1. The van der Waals surface area contributed by atoms with E-state index in [9.17, 15) is 9.59 Å². The summed E-state index contributed by atoms with van der Waals surface area (Å²) in [6.45, 7) is 2.69. The quantitative estimate of drug-likeness (QED) is 0.830. The Morgan fingerprint density at radius 1 is 1.33 bits per heavy atom. The van der Waals surface area contributed by atoms with Crippen LogP contribution in [-0.2, 0) is 11.3 Å². The summed E-state index contributed by atoms with van der Waals surface area (Å²) in [7, 11) is 0. The predicted molar refractivity (Wildman–Crippen MR) is 83.6 cm³/mol. The summed E-state index contributed by atoms with van der Waals surface area (Å²) in [5.74, 6) is 0.515. The summed E-state index contributed by atoms with van der Waals surface area (Å²) >= 11 is 3.45. The average Bonchev–Trinajstić information content (AvgIpc) is 2.66. The van der Waals surface area contributed by atoms with Crippen LogP contribution < -0.4 is 5.32 Å². The summed E-state index contributed by atoms with van der Waals surface area (Å²) in [4.78, 5) is 26.3. The number of rotatable bonds is 2. The zero-order valence-electron chi connectivity index (χ0n) is 12.1. The van der Waals surface area contributed by atoms with E-state index in [4.69, 9.17) is 0 Å². The molecule has 4 nitrogen and oxygen atoms in total. The van der Waals surface area contributed by atoms with Gasteiger partial charge in [0, 0.05) is 11.0 Å². The third-order valence-electron chi connectivity index (χ3n) is 4.74. The van der Waals surface area contributed by atoms with Crippen molar-refractivity contribution in [2.45, 2.75) is 44.7 Å². The first-order valence-corrected chi connectivity index (χ1v) is 8.18. The van der Waals surface area contributed by atoms with Crippen molar-refractivity contribution < 1.29 is 9.59 Å². The van der Waals surface area contributed by atoms with Crippen molar-refractivity contribution in [3.8, 4) is 0 Å². The molecule has 2 fully saturated rings. The van der Waals surface area contributed by atoms with Crippen LogP contribution in [0.3, 0.4) is 0 Å². The molecule has 21 heavy (non-hydrogen) atoms. The number of amides is 3. The Hall–Kier alpha value is -1.36. The molecule has 0 atom stereocenters. The Labute approximate surface area is 133 Å². The van der Waals surface area contributed by atoms with Crippen LogP contribution in [0.1, 0.15) is 38.2 Å². The number of nitrogens with zero attached hydrogens (tertiary/aromatic N) is 1. The number of urea groups is 1. The van der Waals surface area contributed by atoms with Crippen molar-refractivity contribution in [3.05, 3.63) is 34.3 Å². The molecule has 1 aromatic carbocycles. The van der Waals surface area contributed by atoms with Gasteiger partial charge in [-0.3, -0.25) is 10.1 Å². The number of nitrogens with one attached hydrogen (secondary N) is 1. The van der Waals surface area contributed by atoms with Gasteiger partial charge in [0.05, 0.1) is 0 Å². The lowest BCUT2D eigenvalue weighted by molar-refractivity contribution is -0.128. The molecular weight excluding hydrogens is 332 g/mol. The molecule has 0 unspecified atom stereocenters. The minimum absolute atomic E-state index is 0.116. The van der Waals surface area contributed by atoms with Gasteiger partial charge in [-0.1, -0.05) is 35.0 Å². The number of benzene rings is 1. The molecule has 1 saturated carbocycles. The maximum atomic E-state index is 12.4. The van der Waals surface area contributed by atoms with Gasteiger partial charge in [0.2, 0.25) is 0 Å². The van der Waals surface area contributed by atoms with Crippen LogP contribution in [0.25, 0.3) is 0 Å². The second kappa shape index (κ2) is 5.44. The van der Waals surface area contributed by atoms with Gasteiger partial charge in [0.1, 0.15) is 5.54 Å². The number of hydrogen-bond donors (Lipinski definition) is 1. The third kappa shape index (κ3) is 2.59. The van der Waals surface area contributed by atoms with Crippen LogP contribution >= 0.6 is 15.9 Å². The third-order valence-corrected chi connectivity index (χ3v) is 5.23. The number of halogens is 1. The van der Waals surface area contributed by atoms with Gasteiger partial charge in [-0.25, -0.2) is 4.79 Å². The molecule has 1 N–H and O–H groups in total. The molecule has 112 valence electrons. The summed E-state index contributed by atoms with van der Waals surface area (Å²) in [5.41, 5.74) is 0.401. The second-order valence-corrected chi connectivity index (χ2v) is 7.11. The van der Waals surface area contributed by atoms with Crippen molar-refractivity contribution in [1.82, 2.24) is 10.2 Å². The molecule has 1 spiro atoms. The van der Waals surface area contributed by atoms with Crippen LogP contribution in [-0.4, -0.2) is 22.4 Å². The lowest BCUT2D eigenvalue weighted by atomic mass is 9.76. The topological polar surface area (TPSA) is 49.4 Å². The van der Waals surface area contributed by atoms with Crippen LogP contribution in [0.4, 0.5) is 4.79 Å². The minimum Gasteiger partial charge on any atom is -0.305 e. The van der Waals surface area contributed by atoms with E-state index in [2.05, 4.69) is 28.2 Å². The maximum absolute atomic E-state index is 12.4. The number of hydrogen-bond acceptors (Lipinski definition) is 2. The van der Waals surface area contributed by atoms with Gasteiger partial charge in [0.25, 0.3) is 5.91 Å². The molecule has 3 amide bonds. The molecule has 0 radical (unpaired) electrons. The molecule has 3 rings (SSSR count). The summed E-state index contributed by atoms with van der Waals surface area (Å²) in [5, 5.41) is 2.51. The summed E-state index contributed by atoms with van der Waals surface area (Å²) in [6, 6.07) is 7.63. The Bertz CT molecular complexity index is 579. The average molecular weight is 351 g/mol. The second-order valence-electron chi connectivity index (χ2n) is 6.19. The zero-order chi connectivity index (χ0) is 15.0. The van der Waals surface area contributed by atoms with Crippen molar-refractivity contribution in [3.63, 3.8) is 0 Å². The molecule has 1 aliphatic carbocycles. The van der Waals surface area contributed by atoms with Crippen LogP contribution in [0, 0.1) is 5.92 Å². The van der Waals surface area contributed by atoms with Crippen molar-refractivity contribution >= 4 is 27.9 Å². The highest BCUT2D eigenvalue weighted by atomic mass is 79.9. The van der Waals surface area contributed by atoms with Gasteiger partial charge >= 0.3 is 6.03 Å². The van der Waals surface area contributed by atoms with Gasteiger partial charge in [0.15, 0.2) is 0 Å². The van der Waals surface area contributed by atoms with E-state index in [1.807, 2.05) is 24.3 Å². The maximum Gasteiger partial charge on any atom is 0.325 e. The van der Waals surface area contributed by atoms with Crippen LogP contribution in [0.15, 0.2) is 28.7 Å². The van der Waals surface area contributed by atoms with E-state index >= 15 is 0 Å². The van der Waals surface area contributed by atoms with E-state index in [0.29, 0.717) is 12.5 Å². The molecule has 1 aromatic rings. The highest BCUT2D eigenvalue weighted by Crippen LogP contribution is 2.40. The Morgan fingerprint density at radius 3 is 2.71 bits per heavy atom. The monoisotopic (exact) mass is 350 g/mol. The Balaban J connectivity index is 1.87. The van der Waals surface area contributed by atoms with E-state index in [1.54, 1.807) is 4.90 Å². The van der Waals surface area contributed by atoms with E-state index < -0.39 is 5.54 Å². The predicted octanol–water partition coefficient (Wildman–Crippen LogP) is 3.45. The molecule has 0 aromatic heterocycles. The Kier molecular flexibility index (Phi) is 3.78. The van der Waals surface area contributed by atoms with Crippen LogP contribution in [0.5, 0.6) is 0 Å². The standard InChI is InChI=1S/C16H19BrN2O2/c1-11-5-7-16(8-6-11)14(20)18-15(21)19(16)10-12-3-2-4-13(17)9-12/h2-4,9,11H,5-8,10H2,1H3,(H,18,20,21). The molecule has 1 saturated heterocycles. The first-order valence-electron chi connectivity index (χ1n) is 7.39. The minimum atomic E-state index is -0.633. The van der Waals surface area contributed by atoms with E-state index in [-0.39, 0.29) is 11.9 Å². The molecule has 1 aliphatic heterocycles. The number of carbonyl (C=O) groups is 2. The fourth-order valence-electron chi connectivity index (χ4n) is 3.38. The highest BCUT2D eigenvalue weighted by Gasteiger charge is 2.53. The van der Waals surface area contributed by atoms with E-state index in [1.165, 1.54) is 0 Å². The van der Waals surface area contributed by atoms with Crippen LogP contribution in [0.2, 0.25) is 0 Å². The lowest BCUT2D eigenvalue weighted by Gasteiger charge is -2.40. The molecule has 2 aliphatic rings. The van der Waals surface area contributed by atoms with Gasteiger partial charge < -0.3 is 4.90 Å². The molecule has 5 heteroatoms. The smallest absolute Gasteiger partial charge is 0.305 e. The summed E-state index contributed by atoms with van der Waals surface area (Å²) in [6.07, 6.45) is 3.52. The Morgan fingerprint density at radius 2 is 2.05 bits per heavy atom. The lowest BCUT2D eigenvalue weighted by Crippen LogP contribution is -2.51. The van der Waals surface area contributed by atoms with E-state index in [0.717, 1.165) is 35.7 Å². The highest BCUT2D eigenvalue weighted by molar-refractivity contribution is 9.10. The van der Waals surface area contributed by atoms with Crippen molar-refractivity contribution in [2.24, 2.45) is 5.92 Å². The van der Waals surface area contributed by atoms with Crippen molar-refractivity contribution in [1.29, 1.82) is 0 Å². The summed E-state index contributed by atoms with van der Waals surface area (Å²) < 4.78 is 0.984. The first-order chi connectivity index (χ1) is 10.0. The van der Waals surface area contributed by atoms with Gasteiger partial charge in [-0.05, 0) is 49.3 Å². The zero-order valence-corrected chi connectivity index (χ0v) is 13.6. The van der Waals surface area contributed by atoms with Gasteiger partial charge in [-0.2, -0.15) is 0 Å².